The zero-order chi connectivity index (χ0) is 20.3. The zero-order valence-corrected chi connectivity index (χ0v) is 18.4. The van der Waals surface area contributed by atoms with E-state index >= 15 is 0 Å². The van der Waals surface area contributed by atoms with Gasteiger partial charge in [-0.2, -0.15) is 4.31 Å². The van der Waals surface area contributed by atoms with Crippen LogP contribution < -0.4 is 10.2 Å². The number of hydrogen-bond acceptors (Lipinski definition) is 7. The van der Waals surface area contributed by atoms with Gasteiger partial charge in [-0.15, -0.1) is 10.2 Å². The lowest BCUT2D eigenvalue weighted by Crippen LogP contribution is -2.49. The Morgan fingerprint density at radius 2 is 1.83 bits per heavy atom. The van der Waals surface area contributed by atoms with Gasteiger partial charge in [0, 0.05) is 43.8 Å². The zero-order valence-electron chi connectivity index (χ0n) is 16.0. The van der Waals surface area contributed by atoms with Crippen molar-refractivity contribution in [3.8, 4) is 0 Å². The minimum atomic E-state index is -3.48. The van der Waals surface area contributed by atoms with Gasteiger partial charge in [0.05, 0.1) is 11.0 Å². The number of ether oxygens (including phenoxy) is 1. The maximum atomic E-state index is 12.8. The van der Waals surface area contributed by atoms with Crippen LogP contribution in [0.1, 0.15) is 12.8 Å². The van der Waals surface area contributed by atoms with Crippen LogP contribution in [0.4, 0.5) is 11.6 Å². The molecule has 2 aliphatic rings. The Bertz CT molecular complexity index is 910. The molecule has 1 atom stereocenters. The number of aromatic nitrogens is 2. The third-order valence-electron chi connectivity index (χ3n) is 5.20. The maximum absolute atomic E-state index is 12.8. The lowest BCUT2D eigenvalue weighted by molar-refractivity contribution is 0.120. The molecule has 2 fully saturated rings. The Hall–Kier alpha value is -1.75. The SMILES string of the molecule is O=S(=O)(c1ccc(Br)cc1)N1CCN(c2ccc(NCC3CCCO3)nn2)CC1. The number of piperazine rings is 1. The van der Waals surface area contributed by atoms with Crippen molar-refractivity contribution in [3.63, 3.8) is 0 Å². The highest BCUT2D eigenvalue weighted by Crippen LogP contribution is 2.22. The fourth-order valence-electron chi connectivity index (χ4n) is 3.53. The Balaban J connectivity index is 1.32. The van der Waals surface area contributed by atoms with E-state index in [1.807, 2.05) is 12.1 Å². The summed E-state index contributed by atoms with van der Waals surface area (Å²) >= 11 is 3.34. The van der Waals surface area contributed by atoms with Crippen LogP contribution >= 0.6 is 15.9 Å². The smallest absolute Gasteiger partial charge is 0.243 e. The Morgan fingerprint density at radius 1 is 1.07 bits per heavy atom. The predicted molar refractivity (Wildman–Crippen MR) is 115 cm³/mol. The van der Waals surface area contributed by atoms with Crippen molar-refractivity contribution in [2.45, 2.75) is 23.8 Å². The van der Waals surface area contributed by atoms with Crippen molar-refractivity contribution >= 4 is 37.6 Å². The highest BCUT2D eigenvalue weighted by atomic mass is 79.9. The molecule has 0 spiro atoms. The van der Waals surface area contributed by atoms with Crippen LogP contribution in [0, 0.1) is 0 Å². The van der Waals surface area contributed by atoms with Gasteiger partial charge < -0.3 is 15.0 Å². The van der Waals surface area contributed by atoms with Gasteiger partial charge in [-0.25, -0.2) is 8.42 Å². The molecule has 1 aromatic heterocycles. The van der Waals surface area contributed by atoms with Gasteiger partial charge in [0.2, 0.25) is 10.0 Å². The van der Waals surface area contributed by atoms with E-state index < -0.39 is 10.0 Å². The molecule has 4 rings (SSSR count). The number of hydrogen-bond donors (Lipinski definition) is 1. The second-order valence-corrected chi connectivity index (χ2v) is 9.99. The summed E-state index contributed by atoms with van der Waals surface area (Å²) in [4.78, 5) is 2.38. The van der Waals surface area contributed by atoms with Gasteiger partial charge in [0.25, 0.3) is 0 Å². The van der Waals surface area contributed by atoms with Crippen molar-refractivity contribution in [1.82, 2.24) is 14.5 Å². The quantitative estimate of drug-likeness (QED) is 0.677. The van der Waals surface area contributed by atoms with E-state index in [1.54, 1.807) is 24.3 Å². The van der Waals surface area contributed by atoms with Crippen LogP contribution in [0.2, 0.25) is 0 Å². The predicted octanol–water partition coefficient (Wildman–Crippen LogP) is 2.34. The van der Waals surface area contributed by atoms with Gasteiger partial charge >= 0.3 is 0 Å². The first-order valence-corrected chi connectivity index (χ1v) is 12.0. The van der Waals surface area contributed by atoms with Crippen molar-refractivity contribution in [2.75, 3.05) is 49.5 Å². The molecule has 0 bridgehead atoms. The molecular formula is C19H24BrN5O3S. The van der Waals surface area contributed by atoms with Crippen LogP contribution in [0.15, 0.2) is 45.8 Å². The van der Waals surface area contributed by atoms with Crippen LogP contribution in [-0.2, 0) is 14.8 Å². The average Bonchev–Trinajstić information content (AvgIpc) is 3.27. The van der Waals surface area contributed by atoms with Crippen molar-refractivity contribution in [2.24, 2.45) is 0 Å². The second-order valence-electron chi connectivity index (χ2n) is 7.14. The number of benzene rings is 1. The maximum Gasteiger partial charge on any atom is 0.243 e. The topological polar surface area (TPSA) is 87.7 Å². The van der Waals surface area contributed by atoms with E-state index in [2.05, 4.69) is 36.3 Å². The molecule has 1 N–H and O–H groups in total. The number of anilines is 2. The van der Waals surface area contributed by atoms with Crippen molar-refractivity contribution < 1.29 is 13.2 Å². The van der Waals surface area contributed by atoms with E-state index in [-0.39, 0.29) is 6.10 Å². The molecule has 29 heavy (non-hydrogen) atoms. The standard InChI is InChI=1S/C19H24BrN5O3S/c20-15-3-5-17(6-4-15)29(26,27)25-11-9-24(10-12-25)19-8-7-18(22-23-19)21-14-16-2-1-13-28-16/h3-8,16H,1-2,9-14H2,(H,21,22). The fraction of sp³-hybridized carbons (Fsp3) is 0.474. The van der Waals surface area contributed by atoms with E-state index in [0.29, 0.717) is 31.1 Å². The molecule has 0 amide bonds. The molecule has 1 aromatic carbocycles. The summed E-state index contributed by atoms with van der Waals surface area (Å²) in [7, 11) is -3.48. The third-order valence-corrected chi connectivity index (χ3v) is 7.64. The molecule has 0 saturated carbocycles. The molecule has 3 heterocycles. The van der Waals surface area contributed by atoms with E-state index in [0.717, 1.165) is 42.1 Å². The first kappa shape index (κ1) is 20.5. The summed E-state index contributed by atoms with van der Waals surface area (Å²) in [6.45, 7) is 3.56. The molecule has 8 nitrogen and oxygen atoms in total. The molecule has 2 aliphatic heterocycles. The largest absolute Gasteiger partial charge is 0.376 e. The van der Waals surface area contributed by atoms with E-state index in [9.17, 15) is 8.42 Å². The van der Waals surface area contributed by atoms with Gasteiger partial charge in [-0.1, -0.05) is 15.9 Å². The average molecular weight is 482 g/mol. The first-order chi connectivity index (χ1) is 14.0. The minimum Gasteiger partial charge on any atom is -0.376 e. The van der Waals surface area contributed by atoms with E-state index in [4.69, 9.17) is 4.74 Å². The van der Waals surface area contributed by atoms with Crippen LogP contribution in [0.25, 0.3) is 0 Å². The van der Waals surface area contributed by atoms with Crippen LogP contribution in [0.3, 0.4) is 0 Å². The normalized spacial score (nSPS) is 20.7. The summed E-state index contributed by atoms with van der Waals surface area (Å²) in [6.07, 6.45) is 2.43. The Morgan fingerprint density at radius 3 is 2.45 bits per heavy atom. The highest BCUT2D eigenvalue weighted by molar-refractivity contribution is 9.10. The first-order valence-electron chi connectivity index (χ1n) is 9.72. The Labute approximate surface area is 179 Å². The number of halogens is 1. The third kappa shape index (κ3) is 4.88. The van der Waals surface area contributed by atoms with Gasteiger partial charge in [-0.3, -0.25) is 0 Å². The molecular weight excluding hydrogens is 458 g/mol. The lowest BCUT2D eigenvalue weighted by atomic mass is 10.2. The number of rotatable bonds is 6. The van der Waals surface area contributed by atoms with Gasteiger partial charge in [0.15, 0.2) is 5.82 Å². The number of sulfonamides is 1. The lowest BCUT2D eigenvalue weighted by Gasteiger charge is -2.34. The fourth-order valence-corrected chi connectivity index (χ4v) is 5.21. The van der Waals surface area contributed by atoms with Crippen LogP contribution in [0.5, 0.6) is 0 Å². The van der Waals surface area contributed by atoms with Crippen LogP contribution in [-0.4, -0.2) is 68.4 Å². The summed E-state index contributed by atoms with van der Waals surface area (Å²) in [5.74, 6) is 1.48. The monoisotopic (exact) mass is 481 g/mol. The van der Waals surface area contributed by atoms with Gasteiger partial charge in [-0.05, 0) is 49.2 Å². The second kappa shape index (κ2) is 8.95. The molecule has 0 radical (unpaired) electrons. The Kier molecular flexibility index (Phi) is 6.33. The van der Waals surface area contributed by atoms with Crippen molar-refractivity contribution in [1.29, 1.82) is 0 Å². The molecule has 2 aromatic rings. The highest BCUT2D eigenvalue weighted by Gasteiger charge is 2.29. The minimum absolute atomic E-state index is 0.247. The molecule has 2 saturated heterocycles. The summed E-state index contributed by atoms with van der Waals surface area (Å²) in [5, 5.41) is 11.8. The molecule has 10 heteroatoms. The molecule has 156 valence electrons. The summed E-state index contributed by atoms with van der Waals surface area (Å²) in [6, 6.07) is 10.6. The molecule has 1 unspecified atom stereocenters. The van der Waals surface area contributed by atoms with Gasteiger partial charge in [0.1, 0.15) is 5.82 Å². The van der Waals surface area contributed by atoms with Crippen molar-refractivity contribution in [3.05, 3.63) is 40.9 Å². The number of nitrogens with zero attached hydrogens (tertiary/aromatic N) is 4. The molecule has 0 aliphatic carbocycles. The number of nitrogens with one attached hydrogen (secondary N) is 1. The summed E-state index contributed by atoms with van der Waals surface area (Å²) in [5.41, 5.74) is 0. The summed E-state index contributed by atoms with van der Waals surface area (Å²) < 4.78 is 33.6. The van der Waals surface area contributed by atoms with E-state index in [1.165, 1.54) is 4.31 Å².